The summed E-state index contributed by atoms with van der Waals surface area (Å²) in [5.74, 6) is 0.620. The van der Waals surface area contributed by atoms with E-state index in [2.05, 4.69) is 12.2 Å². The second-order valence-corrected chi connectivity index (χ2v) is 5.01. The van der Waals surface area contributed by atoms with Gasteiger partial charge in [0.25, 0.3) is 0 Å². The number of phenols is 1. The molecule has 0 bridgehead atoms. The molecule has 0 radical (unpaired) electrons. The molecule has 0 amide bonds. The first-order valence-electron chi connectivity index (χ1n) is 6.93. The molecule has 0 aliphatic rings. The van der Waals surface area contributed by atoms with Crippen LogP contribution in [-0.4, -0.2) is 17.3 Å². The van der Waals surface area contributed by atoms with Crippen LogP contribution in [-0.2, 0) is 13.2 Å². The van der Waals surface area contributed by atoms with Crippen LogP contribution in [0.15, 0.2) is 42.5 Å². The fourth-order valence-corrected chi connectivity index (χ4v) is 2.18. The topological polar surface area (TPSA) is 61.7 Å². The van der Waals surface area contributed by atoms with Crippen molar-refractivity contribution in [1.29, 1.82) is 0 Å². The van der Waals surface area contributed by atoms with E-state index in [9.17, 15) is 10.2 Å². The van der Waals surface area contributed by atoms with E-state index in [1.54, 1.807) is 6.07 Å². The van der Waals surface area contributed by atoms with Gasteiger partial charge in [-0.25, -0.2) is 0 Å². The summed E-state index contributed by atoms with van der Waals surface area (Å²) in [5.41, 5.74) is 3.08. The first-order chi connectivity index (χ1) is 10.1. The molecule has 0 aromatic heterocycles. The van der Waals surface area contributed by atoms with Crippen LogP contribution in [0.1, 0.15) is 29.7 Å². The highest BCUT2D eigenvalue weighted by Crippen LogP contribution is 2.26. The molecule has 3 N–H and O–H groups in total. The quantitative estimate of drug-likeness (QED) is 0.764. The average Bonchev–Trinajstić information content (AvgIpc) is 2.53. The number of phenolic OH excluding ortho intramolecular Hbond substituents is 1. The number of aromatic hydroxyl groups is 1. The summed E-state index contributed by atoms with van der Waals surface area (Å²) in [6.45, 7) is 2.80. The number of aliphatic hydroxyl groups is 1. The Morgan fingerprint density at radius 3 is 2.67 bits per heavy atom. The summed E-state index contributed by atoms with van der Waals surface area (Å²) in [5, 5.41) is 22.2. The Kier molecular flexibility index (Phi) is 5.20. The van der Waals surface area contributed by atoms with E-state index in [0.29, 0.717) is 12.3 Å². The molecule has 1 atom stereocenters. The molecular formula is C17H21NO3. The minimum atomic E-state index is 0.0513. The molecule has 0 spiro atoms. The number of nitrogens with one attached hydrogen (secondary N) is 1. The van der Waals surface area contributed by atoms with Crippen molar-refractivity contribution < 1.29 is 14.9 Å². The Morgan fingerprint density at radius 1 is 1.14 bits per heavy atom. The van der Waals surface area contributed by atoms with Gasteiger partial charge in [-0.05, 0) is 35.7 Å². The minimum absolute atomic E-state index is 0.0513. The first kappa shape index (κ1) is 15.4. The van der Waals surface area contributed by atoms with Gasteiger partial charge in [0.05, 0.1) is 13.7 Å². The number of methoxy groups -OCH3 is 1. The van der Waals surface area contributed by atoms with Crippen molar-refractivity contribution in [2.75, 3.05) is 7.11 Å². The summed E-state index contributed by atoms with van der Waals surface area (Å²) in [6.07, 6.45) is 0. The third-order valence-electron chi connectivity index (χ3n) is 3.49. The molecule has 21 heavy (non-hydrogen) atoms. The second kappa shape index (κ2) is 7.11. The van der Waals surface area contributed by atoms with Crippen molar-refractivity contribution in [3.05, 3.63) is 59.2 Å². The van der Waals surface area contributed by atoms with Gasteiger partial charge < -0.3 is 20.3 Å². The van der Waals surface area contributed by atoms with Crippen molar-refractivity contribution in [2.45, 2.75) is 26.1 Å². The summed E-state index contributed by atoms with van der Waals surface area (Å²) in [6, 6.07) is 13.4. The van der Waals surface area contributed by atoms with Crippen molar-refractivity contribution >= 4 is 0 Å². The van der Waals surface area contributed by atoms with Crippen LogP contribution in [0.2, 0.25) is 0 Å². The van der Waals surface area contributed by atoms with Gasteiger partial charge >= 0.3 is 0 Å². The number of hydrogen-bond acceptors (Lipinski definition) is 4. The summed E-state index contributed by atoms with van der Waals surface area (Å²) < 4.78 is 5.10. The summed E-state index contributed by atoms with van der Waals surface area (Å²) in [4.78, 5) is 0. The normalized spacial score (nSPS) is 12.1. The van der Waals surface area contributed by atoms with Crippen LogP contribution in [0.5, 0.6) is 11.5 Å². The minimum Gasteiger partial charge on any atom is -0.504 e. The number of ether oxygens (including phenoxy) is 1. The fourth-order valence-electron chi connectivity index (χ4n) is 2.18. The molecular weight excluding hydrogens is 266 g/mol. The van der Waals surface area contributed by atoms with Crippen molar-refractivity contribution in [3.63, 3.8) is 0 Å². The number of aliphatic hydroxyl groups excluding tert-OH is 1. The Labute approximate surface area is 125 Å². The monoisotopic (exact) mass is 287 g/mol. The third-order valence-corrected chi connectivity index (χ3v) is 3.49. The van der Waals surface area contributed by atoms with Gasteiger partial charge in [-0.2, -0.15) is 0 Å². The van der Waals surface area contributed by atoms with Crippen LogP contribution in [0.4, 0.5) is 0 Å². The van der Waals surface area contributed by atoms with E-state index in [1.165, 1.54) is 7.11 Å². The van der Waals surface area contributed by atoms with Gasteiger partial charge in [0, 0.05) is 12.6 Å². The van der Waals surface area contributed by atoms with Gasteiger partial charge in [-0.1, -0.05) is 30.3 Å². The van der Waals surface area contributed by atoms with Crippen LogP contribution in [0, 0.1) is 0 Å². The van der Waals surface area contributed by atoms with E-state index >= 15 is 0 Å². The maximum atomic E-state index is 9.58. The summed E-state index contributed by atoms with van der Waals surface area (Å²) in [7, 11) is 1.54. The Bertz CT molecular complexity index is 598. The smallest absolute Gasteiger partial charge is 0.160 e. The molecule has 4 heteroatoms. The lowest BCUT2D eigenvalue weighted by atomic mass is 10.1. The maximum absolute atomic E-state index is 9.58. The van der Waals surface area contributed by atoms with Crippen molar-refractivity contribution in [2.24, 2.45) is 0 Å². The predicted octanol–water partition coefficient (Wildman–Crippen LogP) is 2.74. The molecule has 0 heterocycles. The van der Waals surface area contributed by atoms with Crippen molar-refractivity contribution in [3.8, 4) is 11.5 Å². The SMILES string of the molecule is COc1cc(CNC(C)c2cccc(CO)c2)ccc1O. The van der Waals surface area contributed by atoms with E-state index < -0.39 is 0 Å². The lowest BCUT2D eigenvalue weighted by Crippen LogP contribution is -2.18. The molecule has 2 rings (SSSR count). The zero-order valence-electron chi connectivity index (χ0n) is 12.3. The van der Waals surface area contributed by atoms with Crippen molar-refractivity contribution in [1.82, 2.24) is 5.32 Å². The predicted molar refractivity (Wildman–Crippen MR) is 82.3 cm³/mol. The van der Waals surface area contributed by atoms with Gasteiger partial charge in [-0.3, -0.25) is 0 Å². The number of rotatable bonds is 6. The van der Waals surface area contributed by atoms with E-state index in [4.69, 9.17) is 4.74 Å². The third kappa shape index (κ3) is 3.97. The molecule has 0 aliphatic heterocycles. The molecule has 2 aromatic rings. The second-order valence-electron chi connectivity index (χ2n) is 5.01. The molecule has 0 saturated heterocycles. The molecule has 1 unspecified atom stereocenters. The van der Waals surface area contributed by atoms with Gasteiger partial charge in [-0.15, -0.1) is 0 Å². The highest BCUT2D eigenvalue weighted by molar-refractivity contribution is 5.41. The molecule has 0 fully saturated rings. The van der Waals surface area contributed by atoms with Crippen LogP contribution in [0.3, 0.4) is 0 Å². The first-order valence-corrected chi connectivity index (χ1v) is 6.93. The van der Waals surface area contributed by atoms with Gasteiger partial charge in [0.1, 0.15) is 0 Å². The zero-order valence-corrected chi connectivity index (χ0v) is 12.3. The largest absolute Gasteiger partial charge is 0.504 e. The van der Waals surface area contributed by atoms with Crippen LogP contribution < -0.4 is 10.1 Å². The average molecular weight is 287 g/mol. The summed E-state index contributed by atoms with van der Waals surface area (Å²) >= 11 is 0. The van der Waals surface area contributed by atoms with Gasteiger partial charge in [0.2, 0.25) is 0 Å². The number of benzene rings is 2. The van der Waals surface area contributed by atoms with E-state index in [0.717, 1.165) is 16.7 Å². The zero-order chi connectivity index (χ0) is 15.2. The van der Waals surface area contributed by atoms with E-state index in [-0.39, 0.29) is 18.4 Å². The molecule has 0 saturated carbocycles. The number of hydrogen-bond donors (Lipinski definition) is 3. The van der Waals surface area contributed by atoms with Crippen LogP contribution in [0.25, 0.3) is 0 Å². The maximum Gasteiger partial charge on any atom is 0.160 e. The highest BCUT2D eigenvalue weighted by Gasteiger charge is 2.07. The Balaban J connectivity index is 2.01. The Morgan fingerprint density at radius 2 is 1.95 bits per heavy atom. The molecule has 2 aromatic carbocycles. The van der Waals surface area contributed by atoms with E-state index in [1.807, 2.05) is 36.4 Å². The van der Waals surface area contributed by atoms with Crippen LogP contribution >= 0.6 is 0 Å². The lowest BCUT2D eigenvalue weighted by Gasteiger charge is -2.15. The molecule has 0 aliphatic carbocycles. The van der Waals surface area contributed by atoms with Gasteiger partial charge in [0.15, 0.2) is 11.5 Å². The molecule has 112 valence electrons. The standard InChI is InChI=1S/C17H21NO3/c1-12(15-5-3-4-14(8-15)11-19)18-10-13-6-7-16(20)17(9-13)21-2/h3-9,12,18-20H,10-11H2,1-2H3. The molecule has 4 nitrogen and oxygen atoms in total. The lowest BCUT2D eigenvalue weighted by molar-refractivity contribution is 0.281. The highest BCUT2D eigenvalue weighted by atomic mass is 16.5. The fraction of sp³-hybridized carbons (Fsp3) is 0.294. The Hall–Kier alpha value is -2.04.